The van der Waals surface area contributed by atoms with E-state index in [2.05, 4.69) is 54.0 Å². The molecule has 1 heterocycles. The Hall–Kier alpha value is -0.940. The van der Waals surface area contributed by atoms with Gasteiger partial charge in [-0.05, 0) is 91.4 Å². The highest BCUT2D eigenvalue weighted by Crippen LogP contribution is 2.66. The number of nitrogens with zero attached hydrogens (tertiary/aromatic N) is 2. The lowest BCUT2D eigenvalue weighted by Gasteiger charge is -2.62. The Kier molecular flexibility index (Phi) is 6.12. The molecule has 5 fully saturated rings. The van der Waals surface area contributed by atoms with E-state index < -0.39 is 0 Å². The fourth-order valence-corrected chi connectivity index (χ4v) is 9.71. The minimum Gasteiger partial charge on any atom is -0.393 e. The number of fused-ring (bicyclic) bond motifs is 5. The standard InChI is InChI=1S/C30H46N2O2/c1-29-13-12-25-23(24(29)10-11-28(29)34)9-8-22-18-27(33)26(19-30(22,25)2)32-16-14-31(15-17-32)20-21-6-4-3-5-7-21/h3-7,22-28,33-34H,8-20H2,1-2H3/t22-,23-,24-,25-,26-,27-,28-,29-,30-/m0/s1. The molecule has 0 unspecified atom stereocenters. The van der Waals surface area contributed by atoms with Gasteiger partial charge in [0.1, 0.15) is 0 Å². The molecule has 4 heteroatoms. The molecular formula is C30H46N2O2. The zero-order valence-electron chi connectivity index (χ0n) is 21.4. The van der Waals surface area contributed by atoms with Crippen LogP contribution in [0, 0.1) is 34.5 Å². The number of rotatable bonds is 3. The van der Waals surface area contributed by atoms with Gasteiger partial charge in [-0.25, -0.2) is 0 Å². The monoisotopic (exact) mass is 466 g/mol. The Morgan fingerprint density at radius 3 is 2.35 bits per heavy atom. The Morgan fingerprint density at radius 1 is 0.853 bits per heavy atom. The Balaban J connectivity index is 1.14. The van der Waals surface area contributed by atoms with Crippen molar-refractivity contribution < 1.29 is 10.2 Å². The van der Waals surface area contributed by atoms with E-state index in [0.717, 1.165) is 57.4 Å². The lowest BCUT2D eigenvalue weighted by atomic mass is 9.44. The first kappa shape index (κ1) is 23.5. The second-order valence-corrected chi connectivity index (χ2v) is 13.2. The summed E-state index contributed by atoms with van der Waals surface area (Å²) in [7, 11) is 0. The largest absolute Gasteiger partial charge is 0.393 e. The van der Waals surface area contributed by atoms with Crippen LogP contribution in [0.25, 0.3) is 0 Å². The highest BCUT2D eigenvalue weighted by Gasteiger charge is 2.61. The van der Waals surface area contributed by atoms with Gasteiger partial charge in [-0.1, -0.05) is 44.2 Å². The van der Waals surface area contributed by atoms with Crippen molar-refractivity contribution in [2.45, 2.75) is 90.0 Å². The van der Waals surface area contributed by atoms with Gasteiger partial charge in [0, 0.05) is 38.8 Å². The topological polar surface area (TPSA) is 46.9 Å². The predicted molar refractivity (Wildman–Crippen MR) is 136 cm³/mol. The number of benzene rings is 1. The second-order valence-electron chi connectivity index (χ2n) is 13.2. The van der Waals surface area contributed by atoms with Gasteiger partial charge >= 0.3 is 0 Å². The average Bonchev–Trinajstić information content (AvgIpc) is 3.15. The van der Waals surface area contributed by atoms with Gasteiger partial charge in [0.25, 0.3) is 0 Å². The Bertz CT molecular complexity index is 855. The van der Waals surface area contributed by atoms with Crippen LogP contribution in [0.15, 0.2) is 30.3 Å². The zero-order chi connectivity index (χ0) is 23.5. The summed E-state index contributed by atoms with van der Waals surface area (Å²) in [6.45, 7) is 10.4. The van der Waals surface area contributed by atoms with E-state index in [1.54, 1.807) is 0 Å². The molecule has 188 valence electrons. The molecule has 4 nitrogen and oxygen atoms in total. The third kappa shape index (κ3) is 3.79. The third-order valence-electron chi connectivity index (χ3n) is 11.8. The lowest BCUT2D eigenvalue weighted by molar-refractivity contribution is -0.155. The van der Waals surface area contributed by atoms with Gasteiger partial charge < -0.3 is 10.2 Å². The van der Waals surface area contributed by atoms with Crippen molar-refractivity contribution in [3.8, 4) is 0 Å². The van der Waals surface area contributed by atoms with Gasteiger partial charge in [0.2, 0.25) is 0 Å². The van der Waals surface area contributed by atoms with E-state index in [-0.39, 0.29) is 17.6 Å². The van der Waals surface area contributed by atoms with Crippen molar-refractivity contribution in [1.29, 1.82) is 0 Å². The first-order valence-corrected chi connectivity index (χ1v) is 14.2. The summed E-state index contributed by atoms with van der Waals surface area (Å²) in [5.41, 5.74) is 1.91. The molecule has 0 aromatic heterocycles. The van der Waals surface area contributed by atoms with E-state index in [9.17, 15) is 10.2 Å². The van der Waals surface area contributed by atoms with Crippen LogP contribution in [-0.2, 0) is 6.54 Å². The molecule has 34 heavy (non-hydrogen) atoms. The number of piperazine rings is 1. The summed E-state index contributed by atoms with van der Waals surface area (Å²) < 4.78 is 0. The lowest BCUT2D eigenvalue weighted by Crippen LogP contribution is -2.61. The Morgan fingerprint density at radius 2 is 1.59 bits per heavy atom. The van der Waals surface area contributed by atoms with Crippen LogP contribution >= 0.6 is 0 Å². The number of aliphatic hydroxyl groups excluding tert-OH is 2. The number of aliphatic hydroxyl groups is 2. The van der Waals surface area contributed by atoms with Crippen molar-refractivity contribution in [1.82, 2.24) is 9.80 Å². The highest BCUT2D eigenvalue weighted by molar-refractivity contribution is 5.15. The van der Waals surface area contributed by atoms with Crippen LogP contribution in [0.3, 0.4) is 0 Å². The van der Waals surface area contributed by atoms with Gasteiger partial charge in [-0.15, -0.1) is 0 Å². The van der Waals surface area contributed by atoms with Crippen molar-refractivity contribution in [2.75, 3.05) is 26.2 Å². The first-order valence-electron chi connectivity index (χ1n) is 14.2. The van der Waals surface area contributed by atoms with Crippen molar-refractivity contribution in [3.63, 3.8) is 0 Å². The Labute approximate surface area is 206 Å². The van der Waals surface area contributed by atoms with Crippen LogP contribution in [0.5, 0.6) is 0 Å². The van der Waals surface area contributed by atoms with Crippen molar-refractivity contribution in [3.05, 3.63) is 35.9 Å². The van der Waals surface area contributed by atoms with Crippen LogP contribution in [0.2, 0.25) is 0 Å². The third-order valence-corrected chi connectivity index (χ3v) is 11.8. The average molecular weight is 467 g/mol. The molecule has 4 saturated carbocycles. The van der Waals surface area contributed by atoms with Gasteiger partial charge in [-0.2, -0.15) is 0 Å². The molecule has 1 aromatic rings. The molecular weight excluding hydrogens is 420 g/mol. The van der Waals surface area contributed by atoms with Crippen LogP contribution in [-0.4, -0.2) is 64.4 Å². The molecule has 9 atom stereocenters. The van der Waals surface area contributed by atoms with Crippen LogP contribution in [0.1, 0.15) is 70.8 Å². The smallest absolute Gasteiger partial charge is 0.0698 e. The molecule has 6 rings (SSSR count). The summed E-state index contributed by atoms with van der Waals surface area (Å²) in [5.74, 6) is 2.96. The van der Waals surface area contributed by atoms with Gasteiger partial charge in [-0.3, -0.25) is 9.80 Å². The summed E-state index contributed by atoms with van der Waals surface area (Å²) in [4.78, 5) is 5.22. The molecule has 0 amide bonds. The maximum atomic E-state index is 11.3. The number of hydrogen-bond acceptors (Lipinski definition) is 4. The highest BCUT2D eigenvalue weighted by atomic mass is 16.3. The van der Waals surface area contributed by atoms with E-state index in [4.69, 9.17) is 0 Å². The summed E-state index contributed by atoms with van der Waals surface area (Å²) in [5, 5.41) is 22.1. The zero-order valence-corrected chi connectivity index (χ0v) is 21.4. The van der Waals surface area contributed by atoms with Gasteiger partial charge in [0.05, 0.1) is 12.2 Å². The SMILES string of the molecule is C[C@]12C[C@H](N3CCN(Cc4ccccc4)CC3)[C@@H](O)C[C@@H]1CC[C@@H]1[C@@H]2CC[C@]2(C)[C@@H](O)CC[C@@H]12. The molecule has 5 aliphatic rings. The predicted octanol–water partition coefficient (Wildman–Crippen LogP) is 4.55. The van der Waals surface area contributed by atoms with E-state index in [1.807, 2.05) is 0 Å². The van der Waals surface area contributed by atoms with E-state index in [0.29, 0.717) is 23.3 Å². The van der Waals surface area contributed by atoms with Crippen LogP contribution < -0.4 is 0 Å². The van der Waals surface area contributed by atoms with Gasteiger partial charge in [0.15, 0.2) is 0 Å². The molecule has 1 aliphatic heterocycles. The summed E-state index contributed by atoms with van der Waals surface area (Å²) in [6.07, 6.45) is 9.26. The van der Waals surface area contributed by atoms with Crippen molar-refractivity contribution >= 4 is 0 Å². The molecule has 4 aliphatic carbocycles. The fourth-order valence-electron chi connectivity index (χ4n) is 9.71. The molecule has 0 radical (unpaired) electrons. The molecule has 1 aromatic carbocycles. The molecule has 0 spiro atoms. The van der Waals surface area contributed by atoms with Crippen LogP contribution in [0.4, 0.5) is 0 Å². The molecule has 0 bridgehead atoms. The first-order chi connectivity index (χ1) is 16.4. The van der Waals surface area contributed by atoms with E-state index in [1.165, 1.54) is 44.1 Å². The second kappa shape index (κ2) is 8.87. The van der Waals surface area contributed by atoms with Crippen molar-refractivity contribution in [2.24, 2.45) is 34.5 Å². The minimum atomic E-state index is -0.169. The quantitative estimate of drug-likeness (QED) is 0.686. The molecule has 1 saturated heterocycles. The molecule has 2 N–H and O–H groups in total. The maximum Gasteiger partial charge on any atom is 0.0698 e. The summed E-state index contributed by atoms with van der Waals surface area (Å²) in [6, 6.07) is 11.2. The summed E-state index contributed by atoms with van der Waals surface area (Å²) >= 11 is 0. The van der Waals surface area contributed by atoms with E-state index >= 15 is 0 Å². The minimum absolute atomic E-state index is 0.0860. The number of hydrogen-bond donors (Lipinski definition) is 2. The normalized spacial score (nSPS) is 47.6. The maximum absolute atomic E-state index is 11.3. The fraction of sp³-hybridized carbons (Fsp3) is 0.800.